The van der Waals surface area contributed by atoms with E-state index in [0.717, 1.165) is 5.56 Å². The third-order valence-corrected chi connectivity index (χ3v) is 3.89. The largest absolute Gasteiger partial charge is 0.488 e. The van der Waals surface area contributed by atoms with Crippen molar-refractivity contribution in [3.05, 3.63) is 63.4 Å². The summed E-state index contributed by atoms with van der Waals surface area (Å²) in [6, 6.07) is 9.99. The van der Waals surface area contributed by atoms with Crippen LogP contribution in [-0.4, -0.2) is 7.05 Å². The molecular weight excluding hydrogens is 312 g/mol. The summed E-state index contributed by atoms with van der Waals surface area (Å²) in [5.41, 5.74) is 1.26. The predicted molar refractivity (Wildman–Crippen MR) is 84.7 cm³/mol. The lowest BCUT2D eigenvalue weighted by molar-refractivity contribution is 0.294. The van der Waals surface area contributed by atoms with Crippen molar-refractivity contribution in [2.24, 2.45) is 0 Å². The second-order valence-electron chi connectivity index (χ2n) is 4.68. The molecule has 0 radical (unpaired) electrons. The molecule has 0 aliphatic carbocycles. The van der Waals surface area contributed by atoms with Crippen molar-refractivity contribution >= 4 is 23.2 Å². The van der Waals surface area contributed by atoms with Crippen LogP contribution < -0.4 is 10.1 Å². The summed E-state index contributed by atoms with van der Waals surface area (Å²) in [6.07, 6.45) is 0. The molecule has 0 aromatic heterocycles. The maximum Gasteiger partial charge on any atom is 0.131 e. The molecule has 2 aromatic rings. The third kappa shape index (κ3) is 3.88. The lowest BCUT2D eigenvalue weighted by Gasteiger charge is -2.17. The molecule has 2 rings (SSSR count). The first kappa shape index (κ1) is 16.1. The fourth-order valence-electron chi connectivity index (χ4n) is 1.96. The van der Waals surface area contributed by atoms with Gasteiger partial charge in [-0.2, -0.15) is 0 Å². The van der Waals surface area contributed by atoms with E-state index in [-0.39, 0.29) is 18.5 Å². The highest BCUT2D eigenvalue weighted by Gasteiger charge is 2.13. The van der Waals surface area contributed by atoms with Gasteiger partial charge in [-0.3, -0.25) is 0 Å². The van der Waals surface area contributed by atoms with Crippen LogP contribution in [-0.2, 0) is 6.61 Å². The van der Waals surface area contributed by atoms with Crippen molar-refractivity contribution in [1.82, 2.24) is 5.32 Å². The van der Waals surface area contributed by atoms with E-state index in [1.54, 1.807) is 24.3 Å². The fourth-order valence-corrected chi connectivity index (χ4v) is 2.36. The smallest absolute Gasteiger partial charge is 0.131 e. The van der Waals surface area contributed by atoms with E-state index < -0.39 is 0 Å². The van der Waals surface area contributed by atoms with Gasteiger partial charge in [0, 0.05) is 22.2 Å². The first-order chi connectivity index (χ1) is 10.0. The van der Waals surface area contributed by atoms with Crippen molar-refractivity contribution in [2.75, 3.05) is 7.05 Å². The second-order valence-corrected chi connectivity index (χ2v) is 5.53. The molecule has 5 heteroatoms. The number of nitrogens with one attached hydrogen (secondary N) is 1. The highest BCUT2D eigenvalue weighted by molar-refractivity contribution is 6.31. The van der Waals surface area contributed by atoms with Crippen LogP contribution in [0.25, 0.3) is 0 Å². The van der Waals surface area contributed by atoms with Crippen molar-refractivity contribution in [2.45, 2.75) is 19.6 Å². The molecule has 2 nitrogen and oxygen atoms in total. The van der Waals surface area contributed by atoms with Gasteiger partial charge >= 0.3 is 0 Å². The second kappa shape index (κ2) is 7.12. The van der Waals surface area contributed by atoms with Crippen LogP contribution in [0.2, 0.25) is 10.0 Å². The van der Waals surface area contributed by atoms with Crippen molar-refractivity contribution in [3.63, 3.8) is 0 Å². The van der Waals surface area contributed by atoms with Crippen LogP contribution in [0.5, 0.6) is 5.75 Å². The van der Waals surface area contributed by atoms with Gasteiger partial charge < -0.3 is 10.1 Å². The molecule has 21 heavy (non-hydrogen) atoms. The first-order valence-corrected chi connectivity index (χ1v) is 7.31. The van der Waals surface area contributed by atoms with Gasteiger partial charge in [0.15, 0.2) is 0 Å². The van der Waals surface area contributed by atoms with Gasteiger partial charge in [0.25, 0.3) is 0 Å². The van der Waals surface area contributed by atoms with Crippen LogP contribution >= 0.6 is 23.2 Å². The predicted octanol–water partition coefficient (Wildman–Crippen LogP) is 4.99. The molecule has 0 saturated heterocycles. The van der Waals surface area contributed by atoms with Gasteiger partial charge in [-0.1, -0.05) is 29.3 Å². The average Bonchev–Trinajstić information content (AvgIpc) is 2.47. The van der Waals surface area contributed by atoms with E-state index in [4.69, 9.17) is 27.9 Å². The summed E-state index contributed by atoms with van der Waals surface area (Å²) in [6.45, 7) is 2.06. The Bertz CT molecular complexity index is 613. The van der Waals surface area contributed by atoms with Crippen molar-refractivity contribution < 1.29 is 9.13 Å². The molecule has 1 N–H and O–H groups in total. The van der Waals surface area contributed by atoms with Gasteiger partial charge in [-0.25, -0.2) is 4.39 Å². The molecule has 0 fully saturated rings. The number of hydrogen-bond donors (Lipinski definition) is 1. The number of hydrogen-bond acceptors (Lipinski definition) is 2. The van der Waals surface area contributed by atoms with Crippen LogP contribution in [0, 0.1) is 5.82 Å². The Kier molecular flexibility index (Phi) is 5.45. The summed E-state index contributed by atoms with van der Waals surface area (Å²) in [5.74, 6) is 0.278. The molecule has 0 bridgehead atoms. The minimum Gasteiger partial charge on any atom is -0.488 e. The molecule has 1 atom stereocenters. The van der Waals surface area contributed by atoms with Crippen LogP contribution in [0.1, 0.15) is 24.1 Å². The molecule has 0 heterocycles. The molecular formula is C16H16Cl2FNO. The molecule has 1 unspecified atom stereocenters. The number of halogens is 3. The quantitative estimate of drug-likeness (QED) is 0.835. The molecule has 0 saturated carbocycles. The first-order valence-electron chi connectivity index (χ1n) is 6.55. The fraction of sp³-hybridized carbons (Fsp3) is 0.250. The number of ether oxygens (including phenoxy) is 1. The van der Waals surface area contributed by atoms with E-state index in [1.807, 2.05) is 20.0 Å². The van der Waals surface area contributed by atoms with E-state index in [2.05, 4.69) is 5.32 Å². The normalized spacial score (nSPS) is 12.2. The Morgan fingerprint density at radius 3 is 2.67 bits per heavy atom. The van der Waals surface area contributed by atoms with E-state index in [9.17, 15) is 4.39 Å². The van der Waals surface area contributed by atoms with E-state index in [0.29, 0.717) is 21.4 Å². The summed E-state index contributed by atoms with van der Waals surface area (Å²) < 4.78 is 19.5. The van der Waals surface area contributed by atoms with Gasteiger partial charge in [0.05, 0.1) is 5.02 Å². The summed E-state index contributed by atoms with van der Waals surface area (Å²) in [4.78, 5) is 0. The van der Waals surface area contributed by atoms with Crippen molar-refractivity contribution in [3.8, 4) is 5.75 Å². The zero-order chi connectivity index (χ0) is 15.4. The molecule has 0 aliphatic heterocycles. The number of benzene rings is 2. The Hall–Kier alpha value is -1.29. The highest BCUT2D eigenvalue weighted by atomic mass is 35.5. The molecule has 0 spiro atoms. The molecule has 0 amide bonds. The monoisotopic (exact) mass is 327 g/mol. The maximum atomic E-state index is 13.7. The summed E-state index contributed by atoms with van der Waals surface area (Å²) in [5, 5.41) is 4.11. The van der Waals surface area contributed by atoms with Gasteiger partial charge in [0.1, 0.15) is 18.2 Å². The zero-order valence-electron chi connectivity index (χ0n) is 11.8. The Morgan fingerprint density at radius 2 is 2.00 bits per heavy atom. The van der Waals surface area contributed by atoms with E-state index in [1.165, 1.54) is 6.07 Å². The maximum absolute atomic E-state index is 13.7. The zero-order valence-corrected chi connectivity index (χ0v) is 13.3. The minimum atomic E-state index is -0.375. The topological polar surface area (TPSA) is 21.3 Å². The SMILES string of the molecule is CNC(C)c1cc(Cl)ccc1OCc1c(F)cccc1Cl. The molecule has 112 valence electrons. The number of rotatable bonds is 5. The molecule has 2 aromatic carbocycles. The Balaban J connectivity index is 2.24. The third-order valence-electron chi connectivity index (χ3n) is 3.31. The van der Waals surface area contributed by atoms with Gasteiger partial charge in [0.2, 0.25) is 0 Å². The average molecular weight is 328 g/mol. The lowest BCUT2D eigenvalue weighted by atomic mass is 10.1. The molecule has 0 aliphatic rings. The minimum absolute atomic E-state index is 0.0646. The van der Waals surface area contributed by atoms with Crippen LogP contribution in [0.3, 0.4) is 0 Å². The highest BCUT2D eigenvalue weighted by Crippen LogP contribution is 2.30. The van der Waals surface area contributed by atoms with Crippen LogP contribution in [0.15, 0.2) is 36.4 Å². The van der Waals surface area contributed by atoms with E-state index >= 15 is 0 Å². The Morgan fingerprint density at radius 1 is 1.24 bits per heavy atom. The van der Waals surface area contributed by atoms with Gasteiger partial charge in [-0.15, -0.1) is 0 Å². The van der Waals surface area contributed by atoms with Crippen LogP contribution in [0.4, 0.5) is 4.39 Å². The summed E-state index contributed by atoms with van der Waals surface area (Å²) in [7, 11) is 1.85. The summed E-state index contributed by atoms with van der Waals surface area (Å²) >= 11 is 12.0. The standard InChI is InChI=1S/C16H16Cl2FNO/c1-10(20-2)12-8-11(17)6-7-16(12)21-9-13-14(18)4-3-5-15(13)19/h3-8,10,20H,9H2,1-2H3. The van der Waals surface area contributed by atoms with Gasteiger partial charge in [-0.05, 0) is 44.3 Å². The Labute approximate surface area is 133 Å². The van der Waals surface area contributed by atoms with Crippen molar-refractivity contribution in [1.29, 1.82) is 0 Å². The lowest BCUT2D eigenvalue weighted by Crippen LogP contribution is -2.14.